The molecule has 4 aromatic rings. The van der Waals surface area contributed by atoms with E-state index < -0.39 is 11.5 Å². The molecular weight excluding hydrogens is 550 g/mol. The van der Waals surface area contributed by atoms with Gasteiger partial charge in [0.25, 0.3) is 11.5 Å². The van der Waals surface area contributed by atoms with Crippen molar-refractivity contribution in [2.24, 2.45) is 7.05 Å². The number of benzene rings is 2. The first kappa shape index (κ1) is 29.7. The van der Waals surface area contributed by atoms with Gasteiger partial charge in [-0.2, -0.15) is 5.10 Å². The maximum Gasteiger partial charge on any atom is 0.320 e. The van der Waals surface area contributed by atoms with E-state index in [0.717, 1.165) is 18.7 Å². The summed E-state index contributed by atoms with van der Waals surface area (Å²) in [7, 11) is 3.19. The third-order valence-electron chi connectivity index (χ3n) is 7.71. The molecule has 12 heteroatoms. The number of nitrogens with zero attached hydrogens (tertiary/aromatic N) is 4. The number of carbonyl (C=O) groups excluding carboxylic acids is 2. The van der Waals surface area contributed by atoms with Crippen LogP contribution in [0.5, 0.6) is 0 Å². The maximum atomic E-state index is 13.6. The normalized spacial score (nSPS) is 16.7. The summed E-state index contributed by atoms with van der Waals surface area (Å²) in [5, 5.41) is 20.1. The summed E-state index contributed by atoms with van der Waals surface area (Å²) in [6, 6.07) is 20.3. The highest BCUT2D eigenvalue weighted by Crippen LogP contribution is 2.31. The molecule has 5 rings (SSSR count). The SMILES string of the molecule is COCCN1C[C@@H](NC(=O)Nc2c(C)c(-c3cc(C(=O)NO)c(=O)n(C)c3)nn2-c2ccccc2)[C@H](c2ccccc2)C1. The molecule has 0 radical (unpaired) electrons. The first-order valence-corrected chi connectivity index (χ1v) is 13.9. The highest BCUT2D eigenvalue weighted by atomic mass is 16.5. The number of methoxy groups -OCH3 is 1. The molecule has 0 bridgehead atoms. The van der Waals surface area contributed by atoms with Gasteiger partial charge < -0.3 is 14.6 Å². The van der Waals surface area contributed by atoms with Crippen molar-refractivity contribution >= 4 is 17.8 Å². The van der Waals surface area contributed by atoms with E-state index in [2.05, 4.69) is 27.7 Å². The van der Waals surface area contributed by atoms with Crippen LogP contribution in [0.1, 0.15) is 27.4 Å². The Balaban J connectivity index is 1.48. The monoisotopic (exact) mass is 585 g/mol. The largest absolute Gasteiger partial charge is 0.383 e. The number of para-hydroxylation sites is 1. The van der Waals surface area contributed by atoms with Crippen LogP contribution in [0.3, 0.4) is 0 Å². The number of nitrogens with one attached hydrogen (secondary N) is 3. The van der Waals surface area contributed by atoms with Crippen molar-refractivity contribution in [3.8, 4) is 16.9 Å². The Hall–Kier alpha value is -4.78. The number of pyridine rings is 1. The first-order chi connectivity index (χ1) is 20.8. The average molecular weight is 586 g/mol. The molecule has 1 aliphatic rings. The van der Waals surface area contributed by atoms with E-state index >= 15 is 0 Å². The van der Waals surface area contributed by atoms with E-state index in [1.54, 1.807) is 18.0 Å². The molecule has 1 fully saturated rings. The summed E-state index contributed by atoms with van der Waals surface area (Å²) in [5.41, 5.74) is 4.11. The standard InChI is InChI=1S/C31H35N7O5/c1-20-27(22-16-24(29(39)35-42)30(40)36(2)17-22)34-38(23-12-8-5-9-13-23)28(20)33-31(41)32-26-19-37(14-15-43-3)18-25(26)21-10-6-4-7-11-21/h4-13,16-17,25-26,42H,14-15,18-19H2,1-3H3,(H,35,39)(H2,32,33,41)/t25-,26+/m0/s1. The number of hydrogen-bond donors (Lipinski definition) is 4. The zero-order valence-electron chi connectivity index (χ0n) is 24.3. The van der Waals surface area contributed by atoms with E-state index in [1.807, 2.05) is 55.5 Å². The van der Waals surface area contributed by atoms with Gasteiger partial charge in [0.1, 0.15) is 11.4 Å². The molecule has 43 heavy (non-hydrogen) atoms. The van der Waals surface area contributed by atoms with Crippen LogP contribution in [0, 0.1) is 6.92 Å². The van der Waals surface area contributed by atoms with Crippen molar-refractivity contribution in [1.82, 2.24) is 30.0 Å². The van der Waals surface area contributed by atoms with Crippen LogP contribution >= 0.6 is 0 Å². The summed E-state index contributed by atoms with van der Waals surface area (Å²) >= 11 is 0. The molecule has 2 atom stereocenters. The van der Waals surface area contributed by atoms with Crippen molar-refractivity contribution in [3.05, 3.63) is 100.0 Å². The highest BCUT2D eigenvalue weighted by Gasteiger charge is 2.35. The zero-order valence-corrected chi connectivity index (χ0v) is 24.3. The van der Waals surface area contributed by atoms with Crippen LogP contribution < -0.4 is 21.7 Å². The van der Waals surface area contributed by atoms with Crippen molar-refractivity contribution in [2.45, 2.75) is 18.9 Å². The molecule has 2 aromatic carbocycles. The predicted molar refractivity (Wildman–Crippen MR) is 162 cm³/mol. The summed E-state index contributed by atoms with van der Waals surface area (Å²) in [5.74, 6) is -0.392. The van der Waals surface area contributed by atoms with Gasteiger partial charge in [-0.3, -0.25) is 25.0 Å². The number of ether oxygens (including phenoxy) is 1. The van der Waals surface area contributed by atoms with Gasteiger partial charge in [-0.15, -0.1) is 0 Å². The molecular formula is C31H35N7O5. The number of carbonyl (C=O) groups is 2. The summed E-state index contributed by atoms with van der Waals surface area (Å²) in [6.07, 6.45) is 1.56. The van der Waals surface area contributed by atoms with Crippen LogP contribution in [0.4, 0.5) is 10.6 Å². The minimum atomic E-state index is -0.926. The van der Waals surface area contributed by atoms with Gasteiger partial charge in [-0.1, -0.05) is 48.5 Å². The summed E-state index contributed by atoms with van der Waals surface area (Å²) in [6.45, 7) is 4.64. The fourth-order valence-corrected chi connectivity index (χ4v) is 5.52. The zero-order chi connectivity index (χ0) is 30.5. The van der Waals surface area contributed by atoms with Crippen LogP contribution in [-0.4, -0.2) is 75.8 Å². The number of hydrogen-bond acceptors (Lipinski definition) is 7. The third kappa shape index (κ3) is 6.36. The third-order valence-corrected chi connectivity index (χ3v) is 7.71. The molecule has 224 valence electrons. The Morgan fingerprint density at radius 1 is 1.07 bits per heavy atom. The lowest BCUT2D eigenvalue weighted by molar-refractivity contribution is 0.0704. The number of amides is 3. The number of hydroxylamine groups is 1. The minimum absolute atomic E-state index is 0.0983. The predicted octanol–water partition coefficient (Wildman–Crippen LogP) is 2.90. The van der Waals surface area contributed by atoms with Crippen LogP contribution in [0.25, 0.3) is 16.9 Å². The molecule has 0 unspecified atom stereocenters. The van der Waals surface area contributed by atoms with Gasteiger partial charge >= 0.3 is 6.03 Å². The summed E-state index contributed by atoms with van der Waals surface area (Å²) in [4.78, 5) is 40.6. The number of likely N-dealkylation sites (tertiary alicyclic amines) is 1. The lowest BCUT2D eigenvalue weighted by Crippen LogP contribution is -2.42. The smallest absolute Gasteiger partial charge is 0.320 e. The molecule has 2 aromatic heterocycles. The number of rotatable bonds is 9. The average Bonchev–Trinajstić information content (AvgIpc) is 3.58. The van der Waals surface area contributed by atoms with Crippen LogP contribution in [0.15, 0.2) is 77.7 Å². The molecule has 4 N–H and O–H groups in total. The van der Waals surface area contributed by atoms with Gasteiger partial charge in [0, 0.05) is 57.0 Å². The fourth-order valence-electron chi connectivity index (χ4n) is 5.52. The Bertz CT molecular complexity index is 1650. The fraction of sp³-hybridized carbons (Fsp3) is 0.290. The van der Waals surface area contributed by atoms with Gasteiger partial charge in [0.05, 0.1) is 24.0 Å². The number of aromatic nitrogens is 3. The maximum absolute atomic E-state index is 13.6. The first-order valence-electron chi connectivity index (χ1n) is 13.9. The van der Waals surface area contributed by atoms with Crippen molar-refractivity contribution < 1.29 is 19.5 Å². The molecule has 1 saturated heterocycles. The second-order valence-electron chi connectivity index (χ2n) is 10.5. The van der Waals surface area contributed by atoms with E-state index in [4.69, 9.17) is 15.0 Å². The Labute approximate surface area is 248 Å². The second kappa shape index (κ2) is 13.0. The van der Waals surface area contributed by atoms with Crippen molar-refractivity contribution in [1.29, 1.82) is 0 Å². The lowest BCUT2D eigenvalue weighted by Gasteiger charge is -2.21. The van der Waals surface area contributed by atoms with E-state index in [1.165, 1.54) is 23.2 Å². The molecule has 12 nitrogen and oxygen atoms in total. The van der Waals surface area contributed by atoms with E-state index in [-0.39, 0.29) is 23.6 Å². The quantitative estimate of drug-likeness (QED) is 0.175. The number of urea groups is 1. The Kier molecular flexibility index (Phi) is 9.00. The number of aryl methyl sites for hydroxylation is 1. The second-order valence-corrected chi connectivity index (χ2v) is 10.5. The van der Waals surface area contributed by atoms with E-state index in [0.29, 0.717) is 41.5 Å². The van der Waals surface area contributed by atoms with Gasteiger partial charge in [-0.05, 0) is 30.7 Å². The molecule has 3 heterocycles. The van der Waals surface area contributed by atoms with Gasteiger partial charge in [-0.25, -0.2) is 15.0 Å². The van der Waals surface area contributed by atoms with Crippen molar-refractivity contribution in [2.75, 3.05) is 38.7 Å². The molecule has 3 amide bonds. The minimum Gasteiger partial charge on any atom is -0.383 e. The highest BCUT2D eigenvalue weighted by molar-refractivity contribution is 5.95. The van der Waals surface area contributed by atoms with Crippen LogP contribution in [0.2, 0.25) is 0 Å². The Morgan fingerprint density at radius 3 is 2.44 bits per heavy atom. The topological polar surface area (TPSA) is 143 Å². The number of anilines is 1. The van der Waals surface area contributed by atoms with Gasteiger partial charge in [0.15, 0.2) is 0 Å². The summed E-state index contributed by atoms with van der Waals surface area (Å²) < 4.78 is 8.15. The van der Waals surface area contributed by atoms with Gasteiger partial charge in [0.2, 0.25) is 0 Å². The van der Waals surface area contributed by atoms with Crippen molar-refractivity contribution in [3.63, 3.8) is 0 Å². The molecule has 0 aliphatic carbocycles. The Morgan fingerprint density at radius 2 is 1.77 bits per heavy atom. The van der Waals surface area contributed by atoms with E-state index in [9.17, 15) is 14.4 Å². The van der Waals surface area contributed by atoms with Crippen LogP contribution in [-0.2, 0) is 11.8 Å². The lowest BCUT2D eigenvalue weighted by atomic mass is 9.94. The molecule has 0 saturated carbocycles. The molecule has 0 spiro atoms. The molecule has 1 aliphatic heterocycles.